The van der Waals surface area contributed by atoms with Crippen molar-refractivity contribution >= 4 is 17.9 Å². The molecule has 1 aliphatic rings. The van der Waals surface area contributed by atoms with Gasteiger partial charge < -0.3 is 10.1 Å². The lowest BCUT2D eigenvalue weighted by Gasteiger charge is -2.34. The van der Waals surface area contributed by atoms with Crippen molar-refractivity contribution in [3.8, 4) is 0 Å². The smallest absolute Gasteiger partial charge is 0.323 e. The number of nitrogens with one attached hydrogen (secondary N) is 2. The average molecular weight is 347 g/mol. The Balaban J connectivity index is 2.03. The quantitative estimate of drug-likeness (QED) is 0.782. The minimum atomic E-state index is -0.539. The molecule has 1 aliphatic heterocycles. The van der Waals surface area contributed by atoms with E-state index in [1.165, 1.54) is 7.11 Å². The van der Waals surface area contributed by atoms with E-state index in [1.807, 2.05) is 38.1 Å². The second-order valence-electron chi connectivity index (χ2n) is 6.25. The molecular weight excluding hydrogens is 322 g/mol. The van der Waals surface area contributed by atoms with E-state index >= 15 is 0 Å². The number of amides is 3. The van der Waals surface area contributed by atoms with Crippen molar-refractivity contribution in [1.29, 1.82) is 0 Å². The molecule has 0 bridgehead atoms. The van der Waals surface area contributed by atoms with E-state index in [-0.39, 0.29) is 18.6 Å². The number of rotatable bonds is 5. The third-order valence-electron chi connectivity index (χ3n) is 4.41. The molecule has 0 aliphatic carbocycles. The van der Waals surface area contributed by atoms with E-state index in [0.29, 0.717) is 13.0 Å². The molecular formula is C18H25N3O4. The van der Waals surface area contributed by atoms with E-state index in [2.05, 4.69) is 10.6 Å². The Morgan fingerprint density at radius 3 is 2.60 bits per heavy atom. The number of nitrogens with zero attached hydrogens (tertiary/aromatic N) is 1. The lowest BCUT2D eigenvalue weighted by Crippen LogP contribution is -2.52. The fraction of sp³-hybridized carbons (Fsp3) is 0.500. The van der Waals surface area contributed by atoms with Crippen LogP contribution >= 0.6 is 0 Å². The number of hydrogen-bond acceptors (Lipinski definition) is 5. The van der Waals surface area contributed by atoms with Crippen molar-refractivity contribution in [3.05, 3.63) is 35.4 Å². The molecule has 7 nitrogen and oxygen atoms in total. The maximum absolute atomic E-state index is 12.2. The fourth-order valence-electron chi connectivity index (χ4n) is 2.82. The van der Waals surface area contributed by atoms with Crippen molar-refractivity contribution in [2.75, 3.05) is 13.7 Å². The topological polar surface area (TPSA) is 87.7 Å². The molecule has 0 fully saturated rings. The SMILES string of the molecule is CC[C@H](C)NC(=O)NC(=O)CN1Cc2ccccc2C[C@@H]1C(=O)OC. The predicted molar refractivity (Wildman–Crippen MR) is 92.8 cm³/mol. The molecule has 0 spiro atoms. The molecule has 25 heavy (non-hydrogen) atoms. The van der Waals surface area contributed by atoms with Crippen LogP contribution in [0.4, 0.5) is 4.79 Å². The number of hydrogen-bond donors (Lipinski definition) is 2. The van der Waals surface area contributed by atoms with Gasteiger partial charge in [0.05, 0.1) is 13.7 Å². The zero-order valence-electron chi connectivity index (χ0n) is 14.9. The predicted octanol–water partition coefficient (Wildman–Crippen LogP) is 1.21. The summed E-state index contributed by atoms with van der Waals surface area (Å²) in [6, 6.07) is 6.72. The van der Waals surface area contributed by atoms with Crippen LogP contribution in [0.3, 0.4) is 0 Å². The summed E-state index contributed by atoms with van der Waals surface area (Å²) >= 11 is 0. The van der Waals surface area contributed by atoms with E-state index in [0.717, 1.165) is 17.5 Å². The van der Waals surface area contributed by atoms with Crippen molar-refractivity contribution in [1.82, 2.24) is 15.5 Å². The molecule has 0 aromatic heterocycles. The van der Waals surface area contributed by atoms with Gasteiger partial charge in [-0.05, 0) is 30.9 Å². The number of methoxy groups -OCH3 is 1. The highest BCUT2D eigenvalue weighted by molar-refractivity contribution is 5.95. The molecule has 0 saturated heterocycles. The molecule has 1 heterocycles. The Kier molecular flexibility index (Phi) is 6.52. The van der Waals surface area contributed by atoms with Gasteiger partial charge in [-0.2, -0.15) is 0 Å². The summed E-state index contributed by atoms with van der Waals surface area (Å²) in [5.74, 6) is -0.833. The third-order valence-corrected chi connectivity index (χ3v) is 4.41. The van der Waals surface area contributed by atoms with Crippen LogP contribution in [0, 0.1) is 0 Å². The van der Waals surface area contributed by atoms with Gasteiger partial charge >= 0.3 is 12.0 Å². The lowest BCUT2D eigenvalue weighted by atomic mass is 9.94. The fourth-order valence-corrected chi connectivity index (χ4v) is 2.82. The standard InChI is InChI=1S/C18H25N3O4/c1-4-12(2)19-18(24)20-16(22)11-21-10-14-8-6-5-7-13(14)9-15(21)17(23)25-3/h5-8,12,15H,4,9-11H2,1-3H3,(H2,19,20,22,24)/t12-,15+/m0/s1. The van der Waals surface area contributed by atoms with Crippen LogP contribution in [0.15, 0.2) is 24.3 Å². The third kappa shape index (κ3) is 5.03. The van der Waals surface area contributed by atoms with E-state index < -0.39 is 18.0 Å². The second kappa shape index (κ2) is 8.62. The lowest BCUT2D eigenvalue weighted by molar-refractivity contribution is -0.148. The van der Waals surface area contributed by atoms with Gasteiger partial charge in [-0.1, -0.05) is 31.2 Å². The normalized spacial score (nSPS) is 18.0. The van der Waals surface area contributed by atoms with Gasteiger partial charge in [0.15, 0.2) is 0 Å². The van der Waals surface area contributed by atoms with Crippen LogP contribution in [0.2, 0.25) is 0 Å². The molecule has 1 aromatic carbocycles. The van der Waals surface area contributed by atoms with E-state index in [9.17, 15) is 14.4 Å². The number of benzene rings is 1. The van der Waals surface area contributed by atoms with Gasteiger partial charge in [0.2, 0.25) is 5.91 Å². The molecule has 7 heteroatoms. The summed E-state index contributed by atoms with van der Waals surface area (Å²) in [4.78, 5) is 37.8. The van der Waals surface area contributed by atoms with Gasteiger partial charge in [-0.3, -0.25) is 19.8 Å². The van der Waals surface area contributed by atoms with Gasteiger partial charge in [0.25, 0.3) is 0 Å². The van der Waals surface area contributed by atoms with Crippen LogP contribution in [0.5, 0.6) is 0 Å². The Labute approximate surface area is 147 Å². The maximum Gasteiger partial charge on any atom is 0.323 e. The first-order chi connectivity index (χ1) is 11.9. The zero-order valence-corrected chi connectivity index (χ0v) is 14.9. The van der Waals surface area contributed by atoms with Crippen LogP contribution in [0.25, 0.3) is 0 Å². The Morgan fingerprint density at radius 2 is 1.96 bits per heavy atom. The monoisotopic (exact) mass is 347 g/mol. The molecule has 2 rings (SSSR count). The van der Waals surface area contributed by atoms with Crippen LogP contribution in [0.1, 0.15) is 31.4 Å². The molecule has 0 saturated carbocycles. The number of imide groups is 1. The van der Waals surface area contributed by atoms with Gasteiger partial charge in [-0.15, -0.1) is 0 Å². The highest BCUT2D eigenvalue weighted by atomic mass is 16.5. The number of esters is 1. The highest BCUT2D eigenvalue weighted by Gasteiger charge is 2.33. The summed E-state index contributed by atoms with van der Waals surface area (Å²) in [6.45, 7) is 4.20. The van der Waals surface area contributed by atoms with Gasteiger partial charge in [0, 0.05) is 12.6 Å². The average Bonchev–Trinajstić information content (AvgIpc) is 2.59. The van der Waals surface area contributed by atoms with E-state index in [1.54, 1.807) is 4.90 Å². The van der Waals surface area contributed by atoms with Crippen molar-refractivity contribution in [2.24, 2.45) is 0 Å². The first-order valence-electron chi connectivity index (χ1n) is 8.43. The summed E-state index contributed by atoms with van der Waals surface area (Å²) in [5.41, 5.74) is 2.14. The summed E-state index contributed by atoms with van der Waals surface area (Å²) in [6.07, 6.45) is 1.25. The number of urea groups is 1. The largest absolute Gasteiger partial charge is 0.468 e. The minimum absolute atomic E-state index is 0.0162. The van der Waals surface area contributed by atoms with Crippen molar-refractivity contribution in [2.45, 2.75) is 45.3 Å². The highest BCUT2D eigenvalue weighted by Crippen LogP contribution is 2.23. The maximum atomic E-state index is 12.2. The number of carbonyl (C=O) groups excluding carboxylic acids is 3. The summed E-state index contributed by atoms with van der Waals surface area (Å²) < 4.78 is 4.87. The second-order valence-corrected chi connectivity index (χ2v) is 6.25. The summed E-state index contributed by atoms with van der Waals surface area (Å²) in [5, 5.41) is 4.99. The first kappa shape index (κ1) is 18.9. The number of ether oxygens (including phenoxy) is 1. The first-order valence-corrected chi connectivity index (χ1v) is 8.43. The molecule has 0 unspecified atom stereocenters. The minimum Gasteiger partial charge on any atom is -0.468 e. The molecule has 136 valence electrons. The molecule has 2 atom stereocenters. The van der Waals surface area contributed by atoms with Crippen molar-refractivity contribution < 1.29 is 19.1 Å². The Hall–Kier alpha value is -2.41. The number of carbonyl (C=O) groups is 3. The molecule has 3 amide bonds. The molecule has 1 aromatic rings. The van der Waals surface area contributed by atoms with Gasteiger partial charge in [-0.25, -0.2) is 4.79 Å². The molecule has 2 N–H and O–H groups in total. The molecule has 0 radical (unpaired) electrons. The number of fused-ring (bicyclic) bond motifs is 1. The van der Waals surface area contributed by atoms with Gasteiger partial charge in [0.1, 0.15) is 6.04 Å². The Bertz CT molecular complexity index is 647. The van der Waals surface area contributed by atoms with Crippen molar-refractivity contribution in [3.63, 3.8) is 0 Å². The van der Waals surface area contributed by atoms with Crippen LogP contribution < -0.4 is 10.6 Å². The zero-order chi connectivity index (χ0) is 18.4. The Morgan fingerprint density at radius 1 is 1.28 bits per heavy atom. The summed E-state index contributed by atoms with van der Waals surface area (Å²) in [7, 11) is 1.33. The van der Waals surface area contributed by atoms with Crippen LogP contribution in [-0.2, 0) is 27.3 Å². The van der Waals surface area contributed by atoms with Crippen LogP contribution in [-0.4, -0.2) is 48.5 Å². The van der Waals surface area contributed by atoms with E-state index in [4.69, 9.17) is 4.74 Å².